The highest BCUT2D eigenvalue weighted by atomic mass is 16.5. The summed E-state index contributed by atoms with van der Waals surface area (Å²) in [4.78, 5) is 10.6. The minimum atomic E-state index is -0.997. The molecular formula is C17H16O4. The number of ether oxygens (including phenoxy) is 2. The Balaban J connectivity index is 2.13. The molecule has 0 atom stereocenters. The van der Waals surface area contributed by atoms with Gasteiger partial charge in [0.15, 0.2) is 0 Å². The molecule has 0 unspecified atom stereocenters. The van der Waals surface area contributed by atoms with E-state index in [4.69, 9.17) is 14.6 Å². The van der Waals surface area contributed by atoms with Gasteiger partial charge >= 0.3 is 5.97 Å². The van der Waals surface area contributed by atoms with Crippen molar-refractivity contribution in [2.75, 3.05) is 7.11 Å². The predicted molar refractivity (Wildman–Crippen MR) is 80.4 cm³/mol. The van der Waals surface area contributed by atoms with Gasteiger partial charge in [-0.05, 0) is 35.9 Å². The van der Waals surface area contributed by atoms with Crippen LogP contribution in [-0.4, -0.2) is 18.2 Å². The van der Waals surface area contributed by atoms with E-state index in [2.05, 4.69) is 0 Å². The molecule has 0 aliphatic heterocycles. The maximum absolute atomic E-state index is 10.6. The third-order valence-electron chi connectivity index (χ3n) is 2.85. The van der Waals surface area contributed by atoms with Crippen LogP contribution in [0.3, 0.4) is 0 Å². The van der Waals surface area contributed by atoms with Gasteiger partial charge in [-0.2, -0.15) is 0 Å². The van der Waals surface area contributed by atoms with Gasteiger partial charge in [-0.3, -0.25) is 0 Å². The van der Waals surface area contributed by atoms with Crippen LogP contribution < -0.4 is 9.47 Å². The van der Waals surface area contributed by atoms with E-state index >= 15 is 0 Å². The number of para-hydroxylation sites is 1. The highest BCUT2D eigenvalue weighted by molar-refractivity contribution is 5.85. The van der Waals surface area contributed by atoms with Crippen LogP contribution in [0.2, 0.25) is 0 Å². The number of rotatable bonds is 6. The number of benzene rings is 2. The van der Waals surface area contributed by atoms with Gasteiger partial charge in [-0.25, -0.2) is 4.79 Å². The quantitative estimate of drug-likeness (QED) is 0.826. The summed E-state index contributed by atoms with van der Waals surface area (Å²) in [5.41, 5.74) is 1.64. The summed E-state index contributed by atoms with van der Waals surface area (Å²) < 4.78 is 10.9. The number of methoxy groups -OCH3 is 1. The largest absolute Gasteiger partial charge is 0.496 e. The maximum atomic E-state index is 10.6. The fourth-order valence-corrected chi connectivity index (χ4v) is 1.85. The lowest BCUT2D eigenvalue weighted by Gasteiger charge is -2.09. The van der Waals surface area contributed by atoms with Crippen molar-refractivity contribution in [2.24, 2.45) is 0 Å². The van der Waals surface area contributed by atoms with Crippen molar-refractivity contribution in [1.29, 1.82) is 0 Å². The summed E-state index contributed by atoms with van der Waals surface area (Å²) in [6.07, 6.45) is 2.59. The molecule has 0 bridgehead atoms. The Morgan fingerprint density at radius 1 is 1.19 bits per heavy atom. The molecule has 0 radical (unpaired) electrons. The lowest BCUT2D eigenvalue weighted by atomic mass is 10.1. The molecule has 0 aromatic heterocycles. The van der Waals surface area contributed by atoms with Crippen molar-refractivity contribution >= 4 is 12.0 Å². The van der Waals surface area contributed by atoms with Crippen LogP contribution in [0.5, 0.6) is 11.5 Å². The van der Waals surface area contributed by atoms with E-state index in [-0.39, 0.29) is 0 Å². The Kier molecular flexibility index (Phi) is 4.99. The van der Waals surface area contributed by atoms with E-state index in [1.807, 2.05) is 42.5 Å². The molecule has 0 amide bonds. The standard InChI is InChI=1S/C17H16O4/c1-20-16-9-7-13(11-14(16)8-10-17(18)19)12-21-15-5-3-2-4-6-15/h2-11H,12H2,1H3,(H,18,19). The van der Waals surface area contributed by atoms with Gasteiger partial charge in [0.1, 0.15) is 18.1 Å². The Labute approximate surface area is 123 Å². The molecule has 1 N–H and O–H groups in total. The van der Waals surface area contributed by atoms with E-state index in [0.29, 0.717) is 17.9 Å². The Morgan fingerprint density at radius 3 is 2.62 bits per heavy atom. The second-order valence-electron chi connectivity index (χ2n) is 4.35. The minimum absolute atomic E-state index is 0.405. The molecule has 0 spiro atoms. The predicted octanol–water partition coefficient (Wildman–Crippen LogP) is 3.37. The smallest absolute Gasteiger partial charge is 0.328 e. The summed E-state index contributed by atoms with van der Waals surface area (Å²) in [6, 6.07) is 15.0. The van der Waals surface area contributed by atoms with Gasteiger partial charge in [0, 0.05) is 11.6 Å². The van der Waals surface area contributed by atoms with Crippen molar-refractivity contribution in [1.82, 2.24) is 0 Å². The van der Waals surface area contributed by atoms with Gasteiger partial charge in [0.05, 0.1) is 7.11 Å². The average Bonchev–Trinajstić information content (AvgIpc) is 2.52. The molecule has 0 saturated carbocycles. The molecule has 0 aliphatic rings. The number of hydrogen-bond acceptors (Lipinski definition) is 3. The lowest BCUT2D eigenvalue weighted by Crippen LogP contribution is -1.97. The third kappa shape index (κ3) is 4.38. The second-order valence-corrected chi connectivity index (χ2v) is 4.35. The van der Waals surface area contributed by atoms with E-state index in [1.165, 1.54) is 6.08 Å². The van der Waals surface area contributed by atoms with Gasteiger partial charge in [-0.15, -0.1) is 0 Å². The normalized spacial score (nSPS) is 10.5. The van der Waals surface area contributed by atoms with Crippen LogP contribution in [0.25, 0.3) is 6.08 Å². The van der Waals surface area contributed by atoms with Gasteiger partial charge < -0.3 is 14.6 Å². The van der Waals surface area contributed by atoms with Crippen molar-refractivity contribution in [3.05, 3.63) is 65.7 Å². The van der Waals surface area contributed by atoms with Crippen LogP contribution in [0.1, 0.15) is 11.1 Å². The number of carbonyl (C=O) groups is 1. The fraction of sp³-hybridized carbons (Fsp3) is 0.118. The first-order valence-electron chi connectivity index (χ1n) is 6.45. The van der Waals surface area contributed by atoms with E-state index < -0.39 is 5.97 Å². The van der Waals surface area contributed by atoms with E-state index in [0.717, 1.165) is 17.4 Å². The first kappa shape index (κ1) is 14.7. The molecule has 2 rings (SSSR count). The molecule has 108 valence electrons. The fourth-order valence-electron chi connectivity index (χ4n) is 1.85. The molecule has 2 aromatic rings. The van der Waals surface area contributed by atoms with Crippen molar-refractivity contribution < 1.29 is 19.4 Å². The van der Waals surface area contributed by atoms with Crippen LogP contribution in [0, 0.1) is 0 Å². The zero-order valence-corrected chi connectivity index (χ0v) is 11.7. The monoisotopic (exact) mass is 284 g/mol. The molecule has 0 aliphatic carbocycles. The Hall–Kier alpha value is -2.75. The summed E-state index contributed by atoms with van der Waals surface area (Å²) in [7, 11) is 1.55. The molecule has 0 saturated heterocycles. The number of carboxylic acid groups (broad SMARTS) is 1. The zero-order valence-electron chi connectivity index (χ0n) is 11.7. The summed E-state index contributed by atoms with van der Waals surface area (Å²) in [6.45, 7) is 0.405. The number of hydrogen-bond donors (Lipinski definition) is 1. The second kappa shape index (κ2) is 7.14. The van der Waals surface area contributed by atoms with Gasteiger partial charge in [0.25, 0.3) is 0 Å². The molecule has 4 nitrogen and oxygen atoms in total. The molecule has 0 heterocycles. The number of carboxylic acids is 1. The van der Waals surface area contributed by atoms with Crippen LogP contribution >= 0.6 is 0 Å². The topological polar surface area (TPSA) is 55.8 Å². The van der Waals surface area contributed by atoms with Crippen molar-refractivity contribution in [2.45, 2.75) is 6.61 Å². The highest BCUT2D eigenvalue weighted by Crippen LogP contribution is 2.22. The molecule has 21 heavy (non-hydrogen) atoms. The van der Waals surface area contributed by atoms with Crippen LogP contribution in [-0.2, 0) is 11.4 Å². The lowest BCUT2D eigenvalue weighted by molar-refractivity contribution is -0.131. The van der Waals surface area contributed by atoms with Crippen molar-refractivity contribution in [3.63, 3.8) is 0 Å². The Bertz CT molecular complexity index is 632. The molecule has 0 fully saturated rings. The van der Waals surface area contributed by atoms with Gasteiger partial charge in [-0.1, -0.05) is 24.3 Å². The first-order chi connectivity index (χ1) is 10.2. The first-order valence-corrected chi connectivity index (χ1v) is 6.45. The Morgan fingerprint density at radius 2 is 1.95 bits per heavy atom. The van der Waals surface area contributed by atoms with E-state index in [1.54, 1.807) is 13.2 Å². The average molecular weight is 284 g/mol. The van der Waals surface area contributed by atoms with Crippen LogP contribution in [0.15, 0.2) is 54.6 Å². The zero-order chi connectivity index (χ0) is 15.1. The summed E-state index contributed by atoms with van der Waals surface area (Å²) >= 11 is 0. The third-order valence-corrected chi connectivity index (χ3v) is 2.85. The molecule has 4 heteroatoms. The molecule has 2 aromatic carbocycles. The van der Waals surface area contributed by atoms with Gasteiger partial charge in [0.2, 0.25) is 0 Å². The summed E-state index contributed by atoms with van der Waals surface area (Å²) in [5.74, 6) is 0.412. The minimum Gasteiger partial charge on any atom is -0.496 e. The van der Waals surface area contributed by atoms with E-state index in [9.17, 15) is 4.79 Å². The summed E-state index contributed by atoms with van der Waals surface area (Å²) in [5, 5.41) is 8.71. The highest BCUT2D eigenvalue weighted by Gasteiger charge is 2.03. The van der Waals surface area contributed by atoms with Crippen molar-refractivity contribution in [3.8, 4) is 11.5 Å². The maximum Gasteiger partial charge on any atom is 0.328 e. The molecular weight excluding hydrogens is 268 g/mol. The van der Waals surface area contributed by atoms with Crippen LogP contribution in [0.4, 0.5) is 0 Å². The SMILES string of the molecule is COc1ccc(COc2ccccc2)cc1C=CC(=O)O. The number of aliphatic carboxylic acids is 1.